The molecule has 0 radical (unpaired) electrons. The molecule has 0 amide bonds. The van der Waals surface area contributed by atoms with Crippen molar-refractivity contribution in [2.75, 3.05) is 0 Å². The third-order valence-corrected chi connectivity index (χ3v) is 1.98. The Morgan fingerprint density at radius 3 is 2.89 bits per heavy atom. The third kappa shape index (κ3) is 0.896. The predicted molar refractivity (Wildman–Crippen MR) is 34.7 cm³/mol. The zero-order valence-electron chi connectivity index (χ0n) is 4.76. The summed E-state index contributed by atoms with van der Waals surface area (Å²) in [5.41, 5.74) is 0. The van der Waals surface area contributed by atoms with Crippen LogP contribution in [0.2, 0.25) is 0 Å². The number of nitrogens with one attached hydrogen (secondary N) is 1. The van der Waals surface area contributed by atoms with Gasteiger partial charge in [0.15, 0.2) is 0 Å². The Labute approximate surface area is 55.9 Å². The first-order valence-corrected chi connectivity index (χ1v) is 3.69. The van der Waals surface area contributed by atoms with Gasteiger partial charge >= 0.3 is 4.87 Å². The highest BCUT2D eigenvalue weighted by Gasteiger charge is 2.26. The molecule has 1 aromatic heterocycles. The molecular formula is C5H6N2OS. The Hall–Kier alpha value is -0.640. The topological polar surface area (TPSA) is 45.8 Å². The average molecular weight is 142 g/mol. The van der Waals surface area contributed by atoms with Crippen LogP contribution in [0.25, 0.3) is 0 Å². The van der Waals surface area contributed by atoms with Crippen LogP contribution >= 0.6 is 11.5 Å². The maximum Gasteiger partial charge on any atom is 0.323 e. The van der Waals surface area contributed by atoms with Crippen LogP contribution in [0.3, 0.4) is 0 Å². The molecule has 0 aliphatic heterocycles. The van der Waals surface area contributed by atoms with Crippen molar-refractivity contribution in [2.45, 2.75) is 18.8 Å². The Kier molecular flexibility index (Phi) is 0.958. The highest BCUT2D eigenvalue weighted by molar-refractivity contribution is 7.02. The molecule has 1 aliphatic carbocycles. The molecule has 1 aromatic rings. The minimum Gasteiger partial charge on any atom is -0.299 e. The first-order chi connectivity index (χ1) is 4.36. The van der Waals surface area contributed by atoms with E-state index in [4.69, 9.17) is 0 Å². The highest BCUT2D eigenvalue weighted by Crippen LogP contribution is 2.37. The van der Waals surface area contributed by atoms with E-state index in [-0.39, 0.29) is 4.87 Å². The molecule has 2 rings (SSSR count). The lowest BCUT2D eigenvalue weighted by atomic mass is 10.4. The smallest absolute Gasteiger partial charge is 0.299 e. The van der Waals surface area contributed by atoms with Gasteiger partial charge in [0.2, 0.25) is 0 Å². The molecule has 1 saturated carbocycles. The van der Waals surface area contributed by atoms with Crippen molar-refractivity contribution in [1.29, 1.82) is 0 Å². The van der Waals surface area contributed by atoms with Gasteiger partial charge in [-0.25, -0.2) is 0 Å². The second-order valence-electron chi connectivity index (χ2n) is 2.25. The third-order valence-electron chi connectivity index (χ3n) is 1.42. The molecule has 48 valence electrons. The van der Waals surface area contributed by atoms with Gasteiger partial charge in [0.05, 0.1) is 0 Å². The average Bonchev–Trinajstić information content (AvgIpc) is 2.58. The monoisotopic (exact) mass is 142 g/mol. The lowest BCUT2D eigenvalue weighted by molar-refractivity contribution is 0.975. The van der Waals surface area contributed by atoms with Crippen LogP contribution in [0.1, 0.15) is 24.6 Å². The van der Waals surface area contributed by atoms with Crippen LogP contribution in [-0.2, 0) is 0 Å². The van der Waals surface area contributed by atoms with Crippen LogP contribution in [0, 0.1) is 0 Å². The van der Waals surface area contributed by atoms with E-state index in [1.54, 1.807) is 0 Å². The van der Waals surface area contributed by atoms with E-state index >= 15 is 0 Å². The Bertz CT molecular complexity index is 260. The Balaban J connectivity index is 2.38. The largest absolute Gasteiger partial charge is 0.323 e. The van der Waals surface area contributed by atoms with E-state index in [1.807, 2.05) is 0 Å². The van der Waals surface area contributed by atoms with Gasteiger partial charge in [0.1, 0.15) is 5.82 Å². The molecule has 0 aromatic carbocycles. The van der Waals surface area contributed by atoms with E-state index in [0.717, 1.165) is 17.4 Å². The molecule has 0 saturated heterocycles. The maximum absolute atomic E-state index is 10.5. The molecule has 0 unspecified atom stereocenters. The zero-order chi connectivity index (χ0) is 6.27. The molecular weight excluding hydrogens is 136 g/mol. The van der Waals surface area contributed by atoms with E-state index in [2.05, 4.69) is 9.36 Å². The van der Waals surface area contributed by atoms with Crippen molar-refractivity contribution >= 4 is 11.5 Å². The molecule has 1 fully saturated rings. The fourth-order valence-corrected chi connectivity index (χ4v) is 1.30. The van der Waals surface area contributed by atoms with Crippen molar-refractivity contribution in [3.63, 3.8) is 0 Å². The Morgan fingerprint density at radius 1 is 1.67 bits per heavy atom. The summed E-state index contributed by atoms with van der Waals surface area (Å²) in [6, 6.07) is 0. The quantitative estimate of drug-likeness (QED) is 0.627. The number of aromatic amines is 1. The van der Waals surface area contributed by atoms with Gasteiger partial charge < -0.3 is 0 Å². The van der Waals surface area contributed by atoms with Crippen LogP contribution in [-0.4, -0.2) is 9.36 Å². The molecule has 0 atom stereocenters. The summed E-state index contributed by atoms with van der Waals surface area (Å²) in [7, 11) is 0. The van der Waals surface area contributed by atoms with Crippen molar-refractivity contribution < 1.29 is 0 Å². The summed E-state index contributed by atoms with van der Waals surface area (Å²) in [5, 5.41) is 0. The number of aromatic nitrogens is 2. The molecule has 3 nitrogen and oxygen atoms in total. The van der Waals surface area contributed by atoms with Crippen molar-refractivity contribution in [1.82, 2.24) is 9.36 Å². The van der Waals surface area contributed by atoms with E-state index in [1.165, 1.54) is 12.8 Å². The molecule has 0 bridgehead atoms. The molecule has 1 heterocycles. The van der Waals surface area contributed by atoms with Gasteiger partial charge in [-0.2, -0.15) is 4.37 Å². The van der Waals surface area contributed by atoms with Crippen molar-refractivity contribution in [3.05, 3.63) is 15.5 Å². The fraction of sp³-hybridized carbons (Fsp3) is 0.600. The van der Waals surface area contributed by atoms with E-state index in [0.29, 0.717) is 5.92 Å². The van der Waals surface area contributed by atoms with E-state index in [9.17, 15) is 4.79 Å². The minimum absolute atomic E-state index is 0.0306. The number of rotatable bonds is 1. The first-order valence-electron chi connectivity index (χ1n) is 2.92. The molecule has 1 N–H and O–H groups in total. The summed E-state index contributed by atoms with van der Waals surface area (Å²) in [5.74, 6) is 1.47. The summed E-state index contributed by atoms with van der Waals surface area (Å²) in [6.07, 6.45) is 2.39. The SMILES string of the molecule is O=c1[nH]c(C2CC2)ns1. The van der Waals surface area contributed by atoms with Gasteiger partial charge in [-0.3, -0.25) is 9.78 Å². The van der Waals surface area contributed by atoms with Gasteiger partial charge in [0, 0.05) is 17.5 Å². The fourth-order valence-electron chi connectivity index (χ4n) is 0.774. The molecule has 1 aliphatic rings. The lowest BCUT2D eigenvalue weighted by Gasteiger charge is -1.80. The summed E-state index contributed by atoms with van der Waals surface area (Å²) >= 11 is 1.01. The second-order valence-corrected chi connectivity index (χ2v) is 2.99. The number of nitrogens with zero attached hydrogens (tertiary/aromatic N) is 1. The summed E-state index contributed by atoms with van der Waals surface area (Å²) in [6.45, 7) is 0. The molecule has 0 spiro atoms. The van der Waals surface area contributed by atoms with Crippen LogP contribution < -0.4 is 4.87 Å². The van der Waals surface area contributed by atoms with Gasteiger partial charge in [-0.1, -0.05) is 0 Å². The van der Waals surface area contributed by atoms with Crippen molar-refractivity contribution in [3.8, 4) is 0 Å². The van der Waals surface area contributed by atoms with Gasteiger partial charge in [-0.15, -0.1) is 0 Å². The molecule has 4 heteroatoms. The second kappa shape index (κ2) is 1.67. The molecule has 9 heavy (non-hydrogen) atoms. The predicted octanol–water partition coefficient (Wildman–Crippen LogP) is 0.709. The number of H-pyrrole nitrogens is 1. The Morgan fingerprint density at radius 2 is 2.44 bits per heavy atom. The van der Waals surface area contributed by atoms with Crippen LogP contribution in [0.5, 0.6) is 0 Å². The first kappa shape index (κ1) is 5.17. The summed E-state index contributed by atoms with van der Waals surface area (Å²) < 4.78 is 3.95. The normalized spacial score (nSPS) is 18.2. The van der Waals surface area contributed by atoms with Crippen molar-refractivity contribution in [2.24, 2.45) is 0 Å². The standard InChI is InChI=1S/C5H6N2OS/c8-5-6-4(7-9-5)3-1-2-3/h3H,1-2H2,(H,6,7,8). The minimum atomic E-state index is -0.0306. The highest BCUT2D eigenvalue weighted by atomic mass is 32.1. The van der Waals surface area contributed by atoms with Crippen LogP contribution in [0.15, 0.2) is 4.79 Å². The zero-order valence-corrected chi connectivity index (χ0v) is 5.57. The van der Waals surface area contributed by atoms with Crippen LogP contribution in [0.4, 0.5) is 0 Å². The van der Waals surface area contributed by atoms with Gasteiger partial charge in [-0.05, 0) is 12.8 Å². The summed E-state index contributed by atoms with van der Waals surface area (Å²) in [4.78, 5) is 13.2. The maximum atomic E-state index is 10.5. The van der Waals surface area contributed by atoms with E-state index < -0.39 is 0 Å². The number of hydrogen-bond donors (Lipinski definition) is 1. The van der Waals surface area contributed by atoms with Gasteiger partial charge in [0.25, 0.3) is 0 Å². The lowest BCUT2D eigenvalue weighted by Crippen LogP contribution is -1.93. The number of hydrogen-bond acceptors (Lipinski definition) is 3.